The van der Waals surface area contributed by atoms with Gasteiger partial charge in [0, 0.05) is 23.2 Å². The molecule has 6 heteroatoms. The van der Waals surface area contributed by atoms with Gasteiger partial charge in [-0.15, -0.1) is 0 Å². The molecule has 2 rings (SSSR count). The van der Waals surface area contributed by atoms with Crippen molar-refractivity contribution in [1.82, 2.24) is 5.32 Å². The Labute approximate surface area is 118 Å². The van der Waals surface area contributed by atoms with Gasteiger partial charge in [-0.05, 0) is 35.5 Å². The largest absolute Gasteiger partial charge is 0.457 e. The molecule has 2 aromatic rings. The highest BCUT2D eigenvalue weighted by Crippen LogP contribution is 2.29. The number of halogens is 1. The normalized spacial score (nSPS) is 12.3. The minimum absolute atomic E-state index is 0.0470. The van der Waals surface area contributed by atoms with Crippen molar-refractivity contribution in [2.24, 2.45) is 0 Å². The number of likely N-dealkylation sites (N-methyl/N-ethyl adjacent to an activating group) is 1. The van der Waals surface area contributed by atoms with E-state index in [1.54, 1.807) is 24.5 Å². The molecular weight excluding hydrogens is 312 g/mol. The highest BCUT2D eigenvalue weighted by molar-refractivity contribution is 9.10. The molecule has 1 heterocycles. The number of nitrogens with one attached hydrogen (secondary N) is 1. The zero-order valence-electron chi connectivity index (χ0n) is 10.3. The van der Waals surface area contributed by atoms with Gasteiger partial charge in [0.15, 0.2) is 4.67 Å². The van der Waals surface area contributed by atoms with E-state index in [1.165, 1.54) is 6.07 Å². The van der Waals surface area contributed by atoms with Gasteiger partial charge in [0.25, 0.3) is 5.69 Å². The first-order chi connectivity index (χ1) is 9.13. The molecule has 0 amide bonds. The van der Waals surface area contributed by atoms with Crippen LogP contribution in [0, 0.1) is 10.1 Å². The maximum Gasteiger partial charge on any atom is 0.272 e. The van der Waals surface area contributed by atoms with Crippen LogP contribution in [0.25, 0.3) is 0 Å². The molecule has 0 aliphatic heterocycles. The number of benzene rings is 1. The van der Waals surface area contributed by atoms with E-state index in [-0.39, 0.29) is 16.7 Å². The second-order valence-electron chi connectivity index (χ2n) is 4.08. The highest BCUT2D eigenvalue weighted by atomic mass is 79.9. The van der Waals surface area contributed by atoms with E-state index in [0.29, 0.717) is 16.7 Å². The second-order valence-corrected chi connectivity index (χ2v) is 4.80. The lowest BCUT2D eigenvalue weighted by molar-refractivity contribution is -0.385. The van der Waals surface area contributed by atoms with Crippen LogP contribution in [0.4, 0.5) is 5.69 Å². The number of nitro groups is 1. The Morgan fingerprint density at radius 3 is 2.74 bits per heavy atom. The van der Waals surface area contributed by atoms with Gasteiger partial charge in [-0.3, -0.25) is 10.1 Å². The predicted molar refractivity (Wildman–Crippen MR) is 75.0 cm³/mol. The van der Waals surface area contributed by atoms with Crippen molar-refractivity contribution < 1.29 is 9.34 Å². The SMILES string of the molecule is CNC(Cc1ccccc1[N+](=O)[O-])c1ccoc1Br. The molecule has 19 heavy (non-hydrogen) atoms. The Bertz CT molecular complexity index is 583. The standard InChI is InChI=1S/C13H13BrN2O3/c1-15-11(10-6-7-19-13(10)14)8-9-4-2-3-5-12(9)16(17)18/h2-7,11,15H,8H2,1H3. The third-order valence-electron chi connectivity index (χ3n) is 2.98. The van der Waals surface area contributed by atoms with E-state index in [4.69, 9.17) is 4.42 Å². The van der Waals surface area contributed by atoms with Crippen LogP contribution < -0.4 is 5.32 Å². The van der Waals surface area contributed by atoms with Crippen molar-refractivity contribution >= 4 is 21.6 Å². The number of para-hydroxylation sites is 1. The number of nitro benzene ring substituents is 1. The Morgan fingerprint density at radius 1 is 1.42 bits per heavy atom. The molecule has 1 atom stereocenters. The van der Waals surface area contributed by atoms with Gasteiger partial charge in [-0.2, -0.15) is 0 Å². The fraction of sp³-hybridized carbons (Fsp3) is 0.231. The smallest absolute Gasteiger partial charge is 0.272 e. The number of furan rings is 1. The average molecular weight is 325 g/mol. The van der Waals surface area contributed by atoms with Crippen LogP contribution in [0.1, 0.15) is 17.2 Å². The van der Waals surface area contributed by atoms with Gasteiger partial charge >= 0.3 is 0 Å². The number of hydrogen-bond donors (Lipinski definition) is 1. The van der Waals surface area contributed by atoms with Crippen LogP contribution in [-0.2, 0) is 6.42 Å². The van der Waals surface area contributed by atoms with Crippen molar-refractivity contribution in [3.8, 4) is 0 Å². The summed E-state index contributed by atoms with van der Waals surface area (Å²) in [5.74, 6) is 0. The lowest BCUT2D eigenvalue weighted by Gasteiger charge is -2.15. The zero-order chi connectivity index (χ0) is 13.8. The summed E-state index contributed by atoms with van der Waals surface area (Å²) in [6, 6.07) is 8.57. The van der Waals surface area contributed by atoms with Crippen LogP contribution in [0.3, 0.4) is 0 Å². The molecule has 0 aliphatic rings. The minimum atomic E-state index is -0.355. The molecule has 0 fully saturated rings. The maximum atomic E-state index is 11.0. The lowest BCUT2D eigenvalue weighted by atomic mass is 10.00. The first-order valence-electron chi connectivity index (χ1n) is 5.76. The van der Waals surface area contributed by atoms with Gasteiger partial charge in [-0.25, -0.2) is 0 Å². The Balaban J connectivity index is 2.29. The van der Waals surface area contributed by atoms with Gasteiger partial charge in [0.1, 0.15) is 0 Å². The predicted octanol–water partition coefficient (Wildman–Crippen LogP) is 3.45. The van der Waals surface area contributed by atoms with Crippen LogP contribution in [0.15, 0.2) is 45.7 Å². The number of nitrogens with zero attached hydrogens (tertiary/aromatic N) is 1. The molecule has 0 spiro atoms. The van der Waals surface area contributed by atoms with Crippen LogP contribution in [-0.4, -0.2) is 12.0 Å². The van der Waals surface area contributed by atoms with Crippen molar-refractivity contribution in [1.29, 1.82) is 0 Å². The molecule has 0 saturated carbocycles. The van der Waals surface area contributed by atoms with Crippen molar-refractivity contribution in [2.75, 3.05) is 7.05 Å². The van der Waals surface area contributed by atoms with E-state index in [0.717, 1.165) is 5.56 Å². The summed E-state index contributed by atoms with van der Waals surface area (Å²) in [6.07, 6.45) is 2.11. The fourth-order valence-corrected chi connectivity index (χ4v) is 2.52. The molecule has 0 aliphatic carbocycles. The molecule has 1 N–H and O–H groups in total. The van der Waals surface area contributed by atoms with Gasteiger partial charge in [0.2, 0.25) is 0 Å². The molecule has 1 unspecified atom stereocenters. The van der Waals surface area contributed by atoms with Crippen LogP contribution in [0.5, 0.6) is 0 Å². The molecule has 1 aromatic carbocycles. The van der Waals surface area contributed by atoms with Crippen molar-refractivity contribution in [3.05, 3.63) is 62.5 Å². The summed E-state index contributed by atoms with van der Waals surface area (Å²) in [4.78, 5) is 10.6. The quantitative estimate of drug-likeness (QED) is 0.675. The van der Waals surface area contributed by atoms with E-state index in [1.807, 2.05) is 13.1 Å². The van der Waals surface area contributed by atoms with E-state index in [2.05, 4.69) is 21.2 Å². The monoisotopic (exact) mass is 324 g/mol. The summed E-state index contributed by atoms with van der Waals surface area (Å²) in [5.41, 5.74) is 1.78. The topological polar surface area (TPSA) is 68.3 Å². The maximum absolute atomic E-state index is 11.0. The zero-order valence-corrected chi connectivity index (χ0v) is 11.9. The molecule has 0 bridgehead atoms. The Kier molecular flexibility index (Phi) is 4.34. The van der Waals surface area contributed by atoms with Crippen molar-refractivity contribution in [2.45, 2.75) is 12.5 Å². The lowest BCUT2D eigenvalue weighted by Crippen LogP contribution is -2.19. The third-order valence-corrected chi connectivity index (χ3v) is 3.63. The summed E-state index contributed by atoms with van der Waals surface area (Å²) in [5, 5.41) is 14.1. The minimum Gasteiger partial charge on any atom is -0.457 e. The molecular formula is C13H13BrN2O3. The van der Waals surface area contributed by atoms with E-state index >= 15 is 0 Å². The highest BCUT2D eigenvalue weighted by Gasteiger charge is 2.20. The van der Waals surface area contributed by atoms with Gasteiger partial charge < -0.3 is 9.73 Å². The number of rotatable bonds is 5. The van der Waals surface area contributed by atoms with Gasteiger partial charge in [-0.1, -0.05) is 18.2 Å². The molecule has 0 saturated heterocycles. The molecule has 1 aromatic heterocycles. The van der Waals surface area contributed by atoms with Crippen LogP contribution in [0.2, 0.25) is 0 Å². The summed E-state index contributed by atoms with van der Waals surface area (Å²) in [7, 11) is 1.82. The second kappa shape index (κ2) is 5.99. The van der Waals surface area contributed by atoms with Gasteiger partial charge in [0.05, 0.1) is 11.2 Å². The Morgan fingerprint density at radius 2 is 2.16 bits per heavy atom. The number of hydrogen-bond acceptors (Lipinski definition) is 4. The average Bonchev–Trinajstić information content (AvgIpc) is 2.82. The van der Waals surface area contributed by atoms with Crippen molar-refractivity contribution in [3.63, 3.8) is 0 Å². The summed E-state index contributed by atoms with van der Waals surface area (Å²) < 4.78 is 5.85. The first kappa shape index (κ1) is 13.8. The molecule has 5 nitrogen and oxygen atoms in total. The fourth-order valence-electron chi connectivity index (χ4n) is 2.00. The first-order valence-corrected chi connectivity index (χ1v) is 6.55. The summed E-state index contributed by atoms with van der Waals surface area (Å²) >= 11 is 3.33. The van der Waals surface area contributed by atoms with Crippen LogP contribution >= 0.6 is 15.9 Å². The van der Waals surface area contributed by atoms with E-state index < -0.39 is 0 Å². The molecule has 0 radical (unpaired) electrons. The Hall–Kier alpha value is -1.66. The molecule has 100 valence electrons. The van der Waals surface area contributed by atoms with E-state index in [9.17, 15) is 10.1 Å². The third kappa shape index (κ3) is 3.02. The summed E-state index contributed by atoms with van der Waals surface area (Å²) in [6.45, 7) is 0.